The molecular weight excluding hydrogens is 547 g/mol. The van der Waals surface area contributed by atoms with Crippen LogP contribution in [0.25, 0.3) is 11.3 Å². The molecule has 3 aliphatic rings. The van der Waals surface area contributed by atoms with Crippen molar-refractivity contribution in [3.63, 3.8) is 0 Å². The third kappa shape index (κ3) is 5.78. The number of nitrogens with zero attached hydrogens (tertiary/aromatic N) is 4. The molecule has 216 valence electrons. The fraction of sp³-hybridized carbons (Fsp3) is 0.433. The van der Waals surface area contributed by atoms with Gasteiger partial charge in [0.2, 0.25) is 22.8 Å². The summed E-state index contributed by atoms with van der Waals surface area (Å²) in [6, 6.07) is 11.6. The number of fused-ring (bicyclic) bond motifs is 1. The van der Waals surface area contributed by atoms with Gasteiger partial charge in [-0.1, -0.05) is 6.92 Å². The molecule has 0 unspecified atom stereocenters. The Labute approximate surface area is 239 Å². The number of ketones is 1. The topological polar surface area (TPSA) is 102 Å². The minimum atomic E-state index is -3.91. The zero-order chi connectivity index (χ0) is 28.6. The molecule has 41 heavy (non-hydrogen) atoms. The smallest absolute Gasteiger partial charge is 0.243 e. The quantitative estimate of drug-likeness (QED) is 0.381. The Morgan fingerprint density at radius 3 is 2.51 bits per heavy atom. The fourth-order valence-corrected chi connectivity index (χ4v) is 7.35. The Morgan fingerprint density at radius 1 is 0.976 bits per heavy atom. The predicted octanol–water partition coefficient (Wildman–Crippen LogP) is 4.60. The molecule has 0 N–H and O–H groups in total. The first-order valence-electron chi connectivity index (χ1n) is 14.1. The van der Waals surface area contributed by atoms with Crippen LogP contribution in [0, 0.1) is 11.7 Å². The van der Waals surface area contributed by atoms with Crippen LogP contribution in [-0.2, 0) is 21.2 Å². The van der Waals surface area contributed by atoms with Crippen molar-refractivity contribution in [2.75, 3.05) is 31.3 Å². The maximum Gasteiger partial charge on any atom is 0.243 e. The van der Waals surface area contributed by atoms with Crippen molar-refractivity contribution < 1.29 is 27.1 Å². The number of rotatable bonds is 8. The maximum atomic E-state index is 13.4. The minimum absolute atomic E-state index is 0.0109. The van der Waals surface area contributed by atoms with Gasteiger partial charge in [0.25, 0.3) is 0 Å². The highest BCUT2D eigenvalue weighted by Gasteiger charge is 2.39. The number of carbonyl (C=O) groups excluding carboxylic acids is 1. The summed E-state index contributed by atoms with van der Waals surface area (Å²) in [5, 5.41) is 0. The molecule has 0 aliphatic carbocycles. The van der Waals surface area contributed by atoms with Crippen molar-refractivity contribution in [1.29, 1.82) is 0 Å². The van der Waals surface area contributed by atoms with Crippen LogP contribution in [0.2, 0.25) is 0 Å². The van der Waals surface area contributed by atoms with Gasteiger partial charge in [0, 0.05) is 37.3 Å². The third-order valence-corrected chi connectivity index (χ3v) is 10.0. The average Bonchev–Trinajstić information content (AvgIpc) is 3.67. The molecule has 0 amide bonds. The highest BCUT2D eigenvalue weighted by molar-refractivity contribution is 7.89. The second-order valence-electron chi connectivity index (χ2n) is 11.0. The number of piperidine rings is 1. The SMILES string of the molecule is CC1CCN(c2nc(CCC(=O)[C@@H]3CCCN3S(=O)(=O)c3ccc(F)cc3)cc(-c3ccc4c(c3)OCO4)n2)CC1. The summed E-state index contributed by atoms with van der Waals surface area (Å²) in [5.74, 6) is 1.98. The summed E-state index contributed by atoms with van der Waals surface area (Å²) in [4.78, 5) is 25.3. The van der Waals surface area contributed by atoms with Crippen molar-refractivity contribution in [1.82, 2.24) is 14.3 Å². The van der Waals surface area contributed by atoms with Crippen molar-refractivity contribution in [3.8, 4) is 22.8 Å². The number of aryl methyl sites for hydroxylation is 1. The van der Waals surface area contributed by atoms with Gasteiger partial charge in [-0.05, 0) is 86.6 Å². The summed E-state index contributed by atoms with van der Waals surface area (Å²) >= 11 is 0. The number of aromatic nitrogens is 2. The number of hydrogen-bond acceptors (Lipinski definition) is 8. The molecular formula is C30H33FN4O5S. The molecule has 2 saturated heterocycles. The Bertz CT molecular complexity index is 1540. The van der Waals surface area contributed by atoms with Gasteiger partial charge in [0.15, 0.2) is 17.3 Å². The Balaban J connectivity index is 1.23. The summed E-state index contributed by atoms with van der Waals surface area (Å²) in [6.07, 6.45) is 3.68. The van der Waals surface area contributed by atoms with Crippen LogP contribution in [0.4, 0.5) is 10.3 Å². The number of halogens is 1. The van der Waals surface area contributed by atoms with Crippen LogP contribution in [0.5, 0.6) is 11.5 Å². The van der Waals surface area contributed by atoms with Crippen molar-refractivity contribution in [3.05, 3.63) is 60.0 Å². The lowest BCUT2D eigenvalue weighted by atomic mass is 9.99. The molecule has 11 heteroatoms. The van der Waals surface area contributed by atoms with Crippen LogP contribution in [0.15, 0.2) is 53.4 Å². The predicted molar refractivity (Wildman–Crippen MR) is 151 cm³/mol. The fourth-order valence-electron chi connectivity index (χ4n) is 5.67. The van der Waals surface area contributed by atoms with Crippen molar-refractivity contribution in [2.24, 2.45) is 5.92 Å². The Hall–Kier alpha value is -3.57. The molecule has 2 aromatic carbocycles. The zero-order valence-electron chi connectivity index (χ0n) is 23.0. The highest BCUT2D eigenvalue weighted by Crippen LogP contribution is 2.36. The molecule has 0 saturated carbocycles. The van der Waals surface area contributed by atoms with Crippen LogP contribution >= 0.6 is 0 Å². The van der Waals surface area contributed by atoms with E-state index in [1.165, 1.54) is 16.4 Å². The number of carbonyl (C=O) groups is 1. The molecule has 1 aromatic heterocycles. The molecule has 3 aliphatic heterocycles. The van der Waals surface area contributed by atoms with E-state index in [2.05, 4.69) is 11.8 Å². The van der Waals surface area contributed by atoms with E-state index in [1.807, 2.05) is 24.3 Å². The van der Waals surface area contributed by atoms with Gasteiger partial charge in [-0.2, -0.15) is 4.31 Å². The normalized spacial score (nSPS) is 19.6. The number of ether oxygens (including phenoxy) is 2. The molecule has 1 atom stereocenters. The molecule has 0 bridgehead atoms. The lowest BCUT2D eigenvalue weighted by Gasteiger charge is -2.30. The Morgan fingerprint density at radius 2 is 1.73 bits per heavy atom. The third-order valence-electron chi connectivity index (χ3n) is 8.13. The first kappa shape index (κ1) is 27.6. The zero-order valence-corrected chi connectivity index (χ0v) is 23.8. The van der Waals surface area contributed by atoms with E-state index >= 15 is 0 Å². The van der Waals surface area contributed by atoms with Crippen LogP contribution in [0.3, 0.4) is 0 Å². The monoisotopic (exact) mass is 580 g/mol. The molecule has 4 heterocycles. The van der Waals surface area contributed by atoms with Crippen LogP contribution in [-0.4, -0.2) is 60.9 Å². The first-order chi connectivity index (χ1) is 19.8. The molecule has 0 radical (unpaired) electrons. The van der Waals surface area contributed by atoms with E-state index in [-0.39, 0.29) is 30.4 Å². The van der Waals surface area contributed by atoms with E-state index in [1.54, 1.807) is 0 Å². The summed E-state index contributed by atoms with van der Waals surface area (Å²) < 4.78 is 52.2. The van der Waals surface area contributed by atoms with Gasteiger partial charge in [0.05, 0.1) is 16.6 Å². The number of Topliss-reactive ketones (excluding diaryl/α,β-unsaturated/α-hetero) is 1. The molecule has 9 nitrogen and oxygen atoms in total. The van der Waals surface area contributed by atoms with E-state index in [0.29, 0.717) is 42.6 Å². The largest absolute Gasteiger partial charge is 0.454 e. The second-order valence-corrected chi connectivity index (χ2v) is 12.9. The molecule has 0 spiro atoms. The summed E-state index contributed by atoms with van der Waals surface area (Å²) in [6.45, 7) is 4.42. The van der Waals surface area contributed by atoms with Crippen LogP contribution < -0.4 is 14.4 Å². The maximum absolute atomic E-state index is 13.4. The van der Waals surface area contributed by atoms with E-state index in [0.717, 1.165) is 55.0 Å². The van der Waals surface area contributed by atoms with Gasteiger partial charge in [-0.15, -0.1) is 0 Å². The highest BCUT2D eigenvalue weighted by atomic mass is 32.2. The number of sulfonamides is 1. The number of benzene rings is 2. The first-order valence-corrected chi connectivity index (χ1v) is 15.5. The van der Waals surface area contributed by atoms with Gasteiger partial charge < -0.3 is 14.4 Å². The van der Waals surface area contributed by atoms with Gasteiger partial charge >= 0.3 is 0 Å². The lowest BCUT2D eigenvalue weighted by molar-refractivity contribution is -0.122. The van der Waals surface area contributed by atoms with Crippen molar-refractivity contribution in [2.45, 2.75) is 56.4 Å². The number of hydrogen-bond donors (Lipinski definition) is 0. The lowest BCUT2D eigenvalue weighted by Crippen LogP contribution is -2.40. The van der Waals surface area contributed by atoms with E-state index in [9.17, 15) is 17.6 Å². The molecule has 2 fully saturated rings. The molecule has 6 rings (SSSR count). The summed E-state index contributed by atoms with van der Waals surface area (Å²) in [7, 11) is -3.91. The Kier molecular flexibility index (Phi) is 7.65. The van der Waals surface area contributed by atoms with E-state index in [4.69, 9.17) is 19.4 Å². The van der Waals surface area contributed by atoms with Gasteiger partial charge in [-0.25, -0.2) is 22.8 Å². The minimum Gasteiger partial charge on any atom is -0.454 e. The molecule has 3 aromatic rings. The average molecular weight is 581 g/mol. The standard InChI is InChI=1S/C30H33FN4O5S/c1-20-12-15-34(16-13-20)30-32-23(18-25(33-30)21-4-11-28-29(17-21)40-19-39-28)7-10-27(36)26-3-2-14-35(26)41(37,38)24-8-5-22(31)6-9-24/h4-6,8-9,11,17-18,20,26H,2-3,7,10,12-16,19H2,1H3/t26-/m0/s1. The summed E-state index contributed by atoms with van der Waals surface area (Å²) in [5.41, 5.74) is 2.32. The van der Waals surface area contributed by atoms with Crippen LogP contribution in [0.1, 0.15) is 44.7 Å². The van der Waals surface area contributed by atoms with E-state index < -0.39 is 21.9 Å². The van der Waals surface area contributed by atoms with Gasteiger partial charge in [0.1, 0.15) is 5.82 Å². The second kappa shape index (κ2) is 11.4. The number of anilines is 1. The van der Waals surface area contributed by atoms with Crippen molar-refractivity contribution >= 4 is 21.8 Å². The van der Waals surface area contributed by atoms with Gasteiger partial charge in [-0.3, -0.25) is 4.79 Å².